The van der Waals surface area contributed by atoms with Crippen molar-refractivity contribution in [3.63, 3.8) is 0 Å². The lowest BCUT2D eigenvalue weighted by Crippen LogP contribution is -2.55. The van der Waals surface area contributed by atoms with Gasteiger partial charge in [-0.2, -0.15) is 5.10 Å². The Kier molecular flexibility index (Phi) is 2.97. The van der Waals surface area contributed by atoms with Crippen molar-refractivity contribution in [2.45, 2.75) is 64.9 Å². The Labute approximate surface area is 143 Å². The van der Waals surface area contributed by atoms with E-state index in [0.717, 1.165) is 44.2 Å². The number of H-pyrrole nitrogens is 1. The first kappa shape index (κ1) is 15.1. The normalized spacial score (nSPS) is 50.0. The summed E-state index contributed by atoms with van der Waals surface area (Å²) in [6.07, 6.45) is 8.88. The van der Waals surface area contributed by atoms with Crippen molar-refractivity contribution >= 4 is 5.78 Å². The molecule has 3 saturated carbocycles. The van der Waals surface area contributed by atoms with Crippen LogP contribution >= 0.6 is 0 Å². The van der Waals surface area contributed by atoms with Gasteiger partial charge in [-0.3, -0.25) is 9.89 Å². The van der Waals surface area contributed by atoms with E-state index in [1.54, 1.807) is 0 Å². The standard InChI is InChI=1S/C20H28N2O2/c1-19-8-7-14-12(13(19)5-6-16(19)23)3-4-15-18(24)17-11(10-21-22-17)9-20(14,15)2/h10,12-15,18,24H,3-9H2,1-2H3,(H,21,22)/t12-,13-,14-,15-,18?,19-,20+/m0/s1. The topological polar surface area (TPSA) is 66.0 Å². The van der Waals surface area contributed by atoms with Crippen molar-refractivity contribution < 1.29 is 9.90 Å². The summed E-state index contributed by atoms with van der Waals surface area (Å²) in [6, 6.07) is 0. The van der Waals surface area contributed by atoms with Crippen LogP contribution in [0.1, 0.15) is 69.7 Å². The quantitative estimate of drug-likeness (QED) is 0.767. The average Bonchev–Trinajstić information content (AvgIpc) is 3.12. The minimum atomic E-state index is -0.402. The van der Waals surface area contributed by atoms with Crippen LogP contribution in [-0.4, -0.2) is 21.1 Å². The molecule has 5 rings (SSSR count). The molecule has 2 N–H and O–H groups in total. The lowest BCUT2D eigenvalue weighted by Gasteiger charge is -2.60. The van der Waals surface area contributed by atoms with Crippen molar-refractivity contribution in [2.24, 2.45) is 34.5 Å². The molecule has 3 fully saturated rings. The Balaban J connectivity index is 1.54. The van der Waals surface area contributed by atoms with Gasteiger partial charge in [0.2, 0.25) is 0 Å². The van der Waals surface area contributed by atoms with Gasteiger partial charge in [0.05, 0.1) is 18.0 Å². The van der Waals surface area contributed by atoms with Crippen LogP contribution in [0, 0.1) is 34.5 Å². The van der Waals surface area contributed by atoms with Gasteiger partial charge in [-0.1, -0.05) is 13.8 Å². The van der Waals surface area contributed by atoms with Crippen LogP contribution in [0.25, 0.3) is 0 Å². The molecular formula is C20H28N2O2. The lowest BCUT2D eigenvalue weighted by molar-refractivity contribution is -0.144. The van der Waals surface area contributed by atoms with Crippen LogP contribution in [-0.2, 0) is 11.2 Å². The molecule has 4 aliphatic carbocycles. The second-order valence-electron chi connectivity index (χ2n) is 9.42. The fourth-order valence-electron chi connectivity index (χ4n) is 7.37. The highest BCUT2D eigenvalue weighted by Crippen LogP contribution is 2.66. The number of nitrogens with one attached hydrogen (secondary N) is 1. The Bertz CT molecular complexity index is 698. The van der Waals surface area contributed by atoms with E-state index in [1.165, 1.54) is 12.0 Å². The van der Waals surface area contributed by atoms with Gasteiger partial charge >= 0.3 is 0 Å². The smallest absolute Gasteiger partial charge is 0.139 e. The summed E-state index contributed by atoms with van der Waals surface area (Å²) >= 11 is 0. The monoisotopic (exact) mass is 328 g/mol. The number of aromatic nitrogens is 2. The second-order valence-corrected chi connectivity index (χ2v) is 9.42. The molecule has 24 heavy (non-hydrogen) atoms. The van der Waals surface area contributed by atoms with Gasteiger partial charge in [0.15, 0.2) is 0 Å². The number of hydrogen-bond acceptors (Lipinski definition) is 3. The molecule has 4 nitrogen and oxygen atoms in total. The summed E-state index contributed by atoms with van der Waals surface area (Å²) in [7, 11) is 0. The number of aromatic amines is 1. The van der Waals surface area contributed by atoms with Gasteiger partial charge in [-0.25, -0.2) is 0 Å². The molecule has 1 aromatic rings. The predicted molar refractivity (Wildman–Crippen MR) is 90.1 cm³/mol. The van der Waals surface area contributed by atoms with E-state index < -0.39 is 6.10 Å². The van der Waals surface area contributed by atoms with E-state index in [4.69, 9.17) is 0 Å². The van der Waals surface area contributed by atoms with E-state index in [2.05, 4.69) is 24.0 Å². The Hall–Kier alpha value is -1.16. The Morgan fingerprint density at radius 1 is 1.17 bits per heavy atom. The summed E-state index contributed by atoms with van der Waals surface area (Å²) in [5.41, 5.74) is 2.25. The molecule has 0 bridgehead atoms. The Morgan fingerprint density at radius 3 is 2.83 bits per heavy atom. The van der Waals surface area contributed by atoms with Gasteiger partial charge in [-0.05, 0) is 73.2 Å². The molecule has 7 atom stereocenters. The third kappa shape index (κ3) is 1.68. The summed E-state index contributed by atoms with van der Waals surface area (Å²) < 4.78 is 0. The molecule has 0 saturated heterocycles. The molecule has 4 heteroatoms. The zero-order chi connectivity index (χ0) is 16.7. The zero-order valence-electron chi connectivity index (χ0n) is 14.7. The molecule has 130 valence electrons. The highest BCUT2D eigenvalue weighted by atomic mass is 16.3. The SMILES string of the molecule is C[C@]12Cc3cn[nH]c3C(O)[C@@H]1CC[C@@H]1[C@@H]2CC[C@]2(C)C(=O)CC[C@@H]12. The third-order valence-corrected chi connectivity index (χ3v) is 8.65. The first-order valence-corrected chi connectivity index (χ1v) is 9.68. The molecule has 0 aliphatic heterocycles. The van der Waals surface area contributed by atoms with Crippen LogP contribution in [0.3, 0.4) is 0 Å². The lowest BCUT2D eigenvalue weighted by atomic mass is 9.45. The largest absolute Gasteiger partial charge is 0.387 e. The van der Waals surface area contributed by atoms with E-state index in [9.17, 15) is 9.90 Å². The zero-order valence-corrected chi connectivity index (χ0v) is 14.7. The van der Waals surface area contributed by atoms with E-state index >= 15 is 0 Å². The molecule has 0 amide bonds. The molecule has 1 unspecified atom stereocenters. The number of aliphatic hydroxyl groups excluding tert-OH is 1. The van der Waals surface area contributed by atoms with Crippen LogP contribution in [0.2, 0.25) is 0 Å². The van der Waals surface area contributed by atoms with Gasteiger partial charge < -0.3 is 5.11 Å². The number of aliphatic hydroxyl groups is 1. The number of carbonyl (C=O) groups excluding carboxylic acids is 1. The maximum absolute atomic E-state index is 12.5. The summed E-state index contributed by atoms with van der Waals surface area (Å²) in [6.45, 7) is 4.65. The minimum absolute atomic E-state index is 0.0571. The van der Waals surface area contributed by atoms with Crippen molar-refractivity contribution in [1.82, 2.24) is 10.2 Å². The van der Waals surface area contributed by atoms with Crippen LogP contribution < -0.4 is 0 Å². The van der Waals surface area contributed by atoms with Crippen LogP contribution in [0.15, 0.2) is 6.20 Å². The fraction of sp³-hybridized carbons (Fsp3) is 0.800. The first-order valence-electron chi connectivity index (χ1n) is 9.68. The average molecular weight is 328 g/mol. The summed E-state index contributed by atoms with van der Waals surface area (Å²) in [5.74, 6) is 2.71. The number of fused-ring (bicyclic) bond motifs is 6. The molecular weight excluding hydrogens is 300 g/mol. The minimum Gasteiger partial charge on any atom is -0.387 e. The van der Waals surface area contributed by atoms with Crippen molar-refractivity contribution in [3.8, 4) is 0 Å². The number of hydrogen-bond donors (Lipinski definition) is 2. The third-order valence-electron chi connectivity index (χ3n) is 8.65. The molecule has 0 spiro atoms. The highest BCUT2D eigenvalue weighted by molar-refractivity contribution is 5.87. The summed E-state index contributed by atoms with van der Waals surface area (Å²) in [4.78, 5) is 12.5. The fourth-order valence-corrected chi connectivity index (χ4v) is 7.37. The van der Waals surface area contributed by atoms with Gasteiger partial charge in [0, 0.05) is 11.8 Å². The molecule has 0 aromatic carbocycles. The van der Waals surface area contributed by atoms with E-state index in [1.807, 2.05) is 6.20 Å². The molecule has 1 aromatic heterocycles. The second kappa shape index (κ2) is 4.72. The van der Waals surface area contributed by atoms with E-state index in [-0.39, 0.29) is 10.8 Å². The molecule has 0 radical (unpaired) electrons. The molecule has 4 aliphatic rings. The number of nitrogens with zero attached hydrogens (tertiary/aromatic N) is 1. The van der Waals surface area contributed by atoms with Gasteiger partial charge in [0.1, 0.15) is 5.78 Å². The highest BCUT2D eigenvalue weighted by Gasteiger charge is 2.61. The Morgan fingerprint density at radius 2 is 2.00 bits per heavy atom. The van der Waals surface area contributed by atoms with Crippen molar-refractivity contribution in [1.29, 1.82) is 0 Å². The number of carbonyl (C=O) groups is 1. The van der Waals surface area contributed by atoms with Crippen LogP contribution in [0.5, 0.6) is 0 Å². The van der Waals surface area contributed by atoms with Gasteiger partial charge in [-0.15, -0.1) is 0 Å². The van der Waals surface area contributed by atoms with E-state index in [0.29, 0.717) is 29.5 Å². The van der Waals surface area contributed by atoms with Gasteiger partial charge in [0.25, 0.3) is 0 Å². The summed E-state index contributed by atoms with van der Waals surface area (Å²) in [5, 5.41) is 18.2. The maximum Gasteiger partial charge on any atom is 0.139 e. The predicted octanol–water partition coefficient (Wildman–Crippen LogP) is 3.43. The van der Waals surface area contributed by atoms with Crippen molar-refractivity contribution in [2.75, 3.05) is 0 Å². The first-order chi connectivity index (χ1) is 11.4. The number of Topliss-reactive ketones (excluding diaryl/α,β-unsaturated/α-hetero) is 1. The maximum atomic E-state index is 12.5. The van der Waals surface area contributed by atoms with Crippen LogP contribution in [0.4, 0.5) is 0 Å². The number of ketones is 1. The van der Waals surface area contributed by atoms with Crippen molar-refractivity contribution in [3.05, 3.63) is 17.5 Å². The molecule has 1 heterocycles. The number of rotatable bonds is 0.